The van der Waals surface area contributed by atoms with E-state index in [1.807, 2.05) is 4.90 Å². The number of nitrogens with zero attached hydrogens (tertiary/aromatic N) is 4. The van der Waals surface area contributed by atoms with E-state index in [0.717, 1.165) is 5.69 Å². The Balaban J connectivity index is 1.51. The highest BCUT2D eigenvalue weighted by Gasteiger charge is 2.29. The number of piperazine rings is 1. The summed E-state index contributed by atoms with van der Waals surface area (Å²) in [6.45, 7) is 3.17. The topological polar surface area (TPSA) is 128 Å². The van der Waals surface area contributed by atoms with Crippen LogP contribution in [0.2, 0.25) is 0 Å². The maximum absolute atomic E-state index is 13.2. The number of benzene rings is 1. The summed E-state index contributed by atoms with van der Waals surface area (Å²) < 4.78 is 27.8. The molecule has 3 aromatic rings. The molecule has 1 aromatic carbocycles. The van der Waals surface area contributed by atoms with Crippen molar-refractivity contribution in [2.75, 3.05) is 38.1 Å². The maximum Gasteiger partial charge on any atom is 0.271 e. The van der Waals surface area contributed by atoms with E-state index in [1.54, 1.807) is 38.4 Å². The zero-order valence-electron chi connectivity index (χ0n) is 18.1. The first-order valence-electron chi connectivity index (χ1n) is 10.3. The summed E-state index contributed by atoms with van der Waals surface area (Å²) in [6, 6.07) is 7.91. The molecule has 1 atom stereocenters. The maximum atomic E-state index is 13.2. The van der Waals surface area contributed by atoms with Gasteiger partial charge in [-0.2, -0.15) is 4.31 Å². The number of nitrogens with one attached hydrogen (secondary N) is 2. The van der Waals surface area contributed by atoms with Crippen LogP contribution in [-0.2, 0) is 10.0 Å². The van der Waals surface area contributed by atoms with Crippen LogP contribution in [0.5, 0.6) is 0 Å². The average molecular weight is 491 g/mol. The van der Waals surface area contributed by atoms with E-state index in [1.165, 1.54) is 16.4 Å². The van der Waals surface area contributed by atoms with Crippen LogP contribution in [0.1, 0.15) is 28.5 Å². The molecular weight excluding hydrogens is 468 g/mol. The van der Waals surface area contributed by atoms with Crippen molar-refractivity contribution in [3.05, 3.63) is 58.3 Å². The Bertz CT molecular complexity index is 1350. The number of hydrogen-bond donors (Lipinski definition) is 2. The molecule has 1 amide bonds. The van der Waals surface area contributed by atoms with E-state index in [0.29, 0.717) is 29.8 Å². The summed E-state index contributed by atoms with van der Waals surface area (Å²) in [6.07, 6.45) is 1.61. The molecule has 0 bridgehead atoms. The van der Waals surface area contributed by atoms with Crippen LogP contribution in [0, 0.1) is 0 Å². The molecule has 3 heterocycles. The Labute approximate surface area is 195 Å². The van der Waals surface area contributed by atoms with Gasteiger partial charge in [0, 0.05) is 33.2 Å². The zero-order valence-corrected chi connectivity index (χ0v) is 19.7. The van der Waals surface area contributed by atoms with Crippen molar-refractivity contribution in [3.63, 3.8) is 0 Å². The van der Waals surface area contributed by atoms with Crippen molar-refractivity contribution >= 4 is 44.3 Å². The number of aromatic amines is 1. The number of pyridine rings is 1. The number of alkyl halides is 1. The van der Waals surface area contributed by atoms with Crippen molar-refractivity contribution in [2.45, 2.75) is 17.2 Å². The Kier molecular flexibility index (Phi) is 6.37. The minimum Gasteiger partial charge on any atom is -0.368 e. The fourth-order valence-corrected chi connectivity index (χ4v) is 5.28. The molecule has 2 N–H and O–H groups in total. The third-order valence-electron chi connectivity index (χ3n) is 5.52. The number of hydrogen-bond acceptors (Lipinski definition) is 7. The van der Waals surface area contributed by atoms with Crippen LogP contribution in [0.4, 0.5) is 5.69 Å². The van der Waals surface area contributed by atoms with Gasteiger partial charge in [-0.05, 0) is 37.3 Å². The van der Waals surface area contributed by atoms with Gasteiger partial charge < -0.3 is 15.2 Å². The Morgan fingerprint density at radius 3 is 2.52 bits per heavy atom. The van der Waals surface area contributed by atoms with Crippen LogP contribution < -0.4 is 15.8 Å². The highest BCUT2D eigenvalue weighted by atomic mass is 35.5. The molecule has 1 aliphatic rings. The summed E-state index contributed by atoms with van der Waals surface area (Å²) in [5.41, 5.74) is 1.69. The fraction of sp³-hybridized carbons (Fsp3) is 0.333. The molecule has 10 nitrogen and oxygen atoms in total. The average Bonchev–Trinajstić information content (AvgIpc) is 2.82. The fourth-order valence-electron chi connectivity index (χ4n) is 3.68. The molecule has 1 saturated heterocycles. The second kappa shape index (κ2) is 9.08. The second-order valence-corrected chi connectivity index (χ2v) is 10.2. The van der Waals surface area contributed by atoms with E-state index in [2.05, 4.69) is 20.3 Å². The third kappa shape index (κ3) is 4.56. The third-order valence-corrected chi connectivity index (χ3v) is 7.62. The van der Waals surface area contributed by atoms with Gasteiger partial charge in [0.25, 0.3) is 11.5 Å². The molecule has 1 unspecified atom stereocenters. The molecule has 0 aliphatic carbocycles. The molecule has 0 spiro atoms. The Morgan fingerprint density at radius 1 is 1.18 bits per heavy atom. The number of carbonyl (C=O) groups is 1. The first kappa shape index (κ1) is 23.1. The lowest BCUT2D eigenvalue weighted by atomic mass is 10.2. The summed E-state index contributed by atoms with van der Waals surface area (Å²) in [5.74, 6) is -0.266. The molecule has 33 heavy (non-hydrogen) atoms. The normalized spacial score (nSPS) is 16.0. The highest BCUT2D eigenvalue weighted by Crippen LogP contribution is 2.23. The summed E-state index contributed by atoms with van der Waals surface area (Å²) in [7, 11) is -2.22. The number of anilines is 1. The van der Waals surface area contributed by atoms with Gasteiger partial charge in [0.15, 0.2) is 0 Å². The monoisotopic (exact) mass is 490 g/mol. The quantitative estimate of drug-likeness (QED) is 0.518. The lowest BCUT2D eigenvalue weighted by molar-refractivity contribution is 0.0958. The minimum atomic E-state index is -3.76. The summed E-state index contributed by atoms with van der Waals surface area (Å²) in [5, 5.41) is 1.96. The number of amides is 1. The van der Waals surface area contributed by atoms with Crippen LogP contribution >= 0.6 is 11.6 Å². The number of halogens is 1. The number of H-pyrrole nitrogens is 1. The van der Waals surface area contributed by atoms with Crippen molar-refractivity contribution < 1.29 is 13.2 Å². The van der Waals surface area contributed by atoms with E-state index >= 15 is 0 Å². The van der Waals surface area contributed by atoms with Gasteiger partial charge in [0.1, 0.15) is 11.4 Å². The molecule has 0 saturated carbocycles. The minimum absolute atomic E-state index is 0.0872. The number of sulfonamides is 1. The molecule has 1 aliphatic heterocycles. The van der Waals surface area contributed by atoms with Gasteiger partial charge in [-0.3, -0.25) is 9.59 Å². The van der Waals surface area contributed by atoms with Gasteiger partial charge in [0.05, 0.1) is 33.2 Å². The largest absolute Gasteiger partial charge is 0.368 e. The Hall–Kier alpha value is -3.02. The SMILES string of the molecule is CNC(=O)c1ccc(N2CCN(S(=O)(=O)c3ccc4nc(C(C)Cl)c(=O)[nH]c4c3)CC2)cn1. The molecule has 4 rings (SSSR count). The smallest absolute Gasteiger partial charge is 0.271 e. The van der Waals surface area contributed by atoms with Gasteiger partial charge in [-0.15, -0.1) is 11.6 Å². The first-order chi connectivity index (χ1) is 15.7. The number of carbonyl (C=O) groups excluding carboxylic acids is 1. The van der Waals surface area contributed by atoms with Crippen LogP contribution in [0.25, 0.3) is 11.0 Å². The standard InChI is InChI=1S/C21H23ClN6O4S/c1-13(22)19-21(30)26-18-11-15(4-6-16(18)25-19)33(31,32)28-9-7-27(8-10-28)14-3-5-17(24-12-14)20(29)23-2/h3-6,11-13H,7-10H2,1-2H3,(H,23,29)(H,26,30). The molecule has 0 radical (unpaired) electrons. The van der Waals surface area contributed by atoms with Gasteiger partial charge in [-0.25, -0.2) is 18.4 Å². The predicted molar refractivity (Wildman–Crippen MR) is 125 cm³/mol. The van der Waals surface area contributed by atoms with Crippen LogP contribution in [-0.4, -0.2) is 66.8 Å². The highest BCUT2D eigenvalue weighted by molar-refractivity contribution is 7.89. The lowest BCUT2D eigenvalue weighted by Gasteiger charge is -2.35. The second-order valence-electron chi connectivity index (χ2n) is 7.62. The van der Waals surface area contributed by atoms with Gasteiger partial charge in [-0.1, -0.05) is 0 Å². The zero-order chi connectivity index (χ0) is 23.8. The summed E-state index contributed by atoms with van der Waals surface area (Å²) in [4.78, 5) is 37.0. The molecule has 174 valence electrons. The van der Waals surface area contributed by atoms with E-state index in [-0.39, 0.29) is 29.6 Å². The number of aromatic nitrogens is 3. The van der Waals surface area contributed by atoms with Crippen LogP contribution in [0.3, 0.4) is 0 Å². The van der Waals surface area contributed by atoms with Crippen molar-refractivity contribution in [3.8, 4) is 0 Å². The Morgan fingerprint density at radius 2 is 1.91 bits per heavy atom. The van der Waals surface area contributed by atoms with Crippen molar-refractivity contribution in [1.29, 1.82) is 0 Å². The molecular formula is C21H23ClN6O4S. The number of rotatable bonds is 5. The van der Waals surface area contributed by atoms with Gasteiger partial charge in [0.2, 0.25) is 10.0 Å². The predicted octanol–water partition coefficient (Wildman–Crippen LogP) is 1.49. The van der Waals surface area contributed by atoms with Crippen molar-refractivity contribution in [2.24, 2.45) is 0 Å². The molecule has 12 heteroatoms. The van der Waals surface area contributed by atoms with Crippen molar-refractivity contribution in [1.82, 2.24) is 24.6 Å². The molecule has 1 fully saturated rings. The van der Waals surface area contributed by atoms with E-state index < -0.39 is 21.0 Å². The number of fused-ring (bicyclic) bond motifs is 1. The summed E-state index contributed by atoms with van der Waals surface area (Å²) >= 11 is 5.99. The van der Waals surface area contributed by atoms with E-state index in [4.69, 9.17) is 11.6 Å². The lowest BCUT2D eigenvalue weighted by Crippen LogP contribution is -2.48. The first-order valence-corrected chi connectivity index (χ1v) is 12.2. The molecule has 2 aromatic heterocycles. The van der Waals surface area contributed by atoms with Gasteiger partial charge >= 0.3 is 0 Å². The van der Waals surface area contributed by atoms with E-state index in [9.17, 15) is 18.0 Å². The van der Waals surface area contributed by atoms with Crippen LogP contribution in [0.15, 0.2) is 46.2 Å².